The van der Waals surface area contributed by atoms with E-state index >= 15 is 0 Å². The molecule has 192 valence electrons. The number of hydrogen-bond acceptors (Lipinski definition) is 6. The van der Waals surface area contributed by atoms with Gasteiger partial charge in [-0.1, -0.05) is 18.5 Å². The predicted molar refractivity (Wildman–Crippen MR) is 148 cm³/mol. The lowest BCUT2D eigenvalue weighted by Gasteiger charge is -2.28. The summed E-state index contributed by atoms with van der Waals surface area (Å²) in [6.07, 6.45) is 1.72. The third kappa shape index (κ3) is 4.18. The first-order chi connectivity index (χ1) is 18.3. The molecule has 0 radical (unpaired) electrons. The van der Waals surface area contributed by atoms with Crippen molar-refractivity contribution < 1.29 is 14.0 Å². The van der Waals surface area contributed by atoms with Crippen LogP contribution in [0.25, 0.3) is 16.6 Å². The van der Waals surface area contributed by atoms with Gasteiger partial charge in [0.1, 0.15) is 10.7 Å². The van der Waals surface area contributed by atoms with Crippen LogP contribution in [-0.2, 0) is 4.79 Å². The Kier molecular flexibility index (Phi) is 6.25. The average Bonchev–Trinajstić information content (AvgIpc) is 3.68. The molecule has 1 saturated heterocycles. The van der Waals surface area contributed by atoms with Crippen LogP contribution >= 0.6 is 34.3 Å². The summed E-state index contributed by atoms with van der Waals surface area (Å²) >= 11 is 8.96. The van der Waals surface area contributed by atoms with Gasteiger partial charge < -0.3 is 10.2 Å². The zero-order chi connectivity index (χ0) is 26.6. The van der Waals surface area contributed by atoms with Crippen molar-refractivity contribution in [2.24, 2.45) is 5.92 Å². The maximum atomic E-state index is 13.7. The summed E-state index contributed by atoms with van der Waals surface area (Å²) in [5.74, 6) is -1.15. The van der Waals surface area contributed by atoms with Gasteiger partial charge in [0.25, 0.3) is 5.91 Å². The summed E-state index contributed by atoms with van der Waals surface area (Å²) in [6.45, 7) is 3.62. The molecule has 3 aromatic heterocycles. The SMILES string of the molecule is Cc1ncsc1C(=O)N[C@H]1C(C)C(=O)N(c2ccc3c(cnn3-c3ccc(F)cc3)c2)C1c1ccc(Cl)s1. The molecule has 1 aliphatic heterocycles. The van der Waals surface area contributed by atoms with Crippen LogP contribution in [0.15, 0.2) is 66.3 Å². The van der Waals surface area contributed by atoms with Gasteiger partial charge in [-0.25, -0.2) is 14.1 Å². The monoisotopic (exact) mass is 565 g/mol. The standard InChI is InChI=1S/C27H21ClFN5O2S2/c1-14-23(32-26(35)25-15(2)30-13-37-25)24(21-9-10-22(28)38-21)33(27(14)36)19-7-8-20-16(11-19)12-31-34(20)18-5-3-17(29)4-6-18/h3-14,23-24H,1-2H3,(H,32,35)/t14?,23-,24?/m0/s1. The van der Waals surface area contributed by atoms with Gasteiger partial charge in [-0.15, -0.1) is 22.7 Å². The molecule has 3 atom stereocenters. The molecule has 0 bridgehead atoms. The van der Waals surface area contributed by atoms with Crippen LogP contribution in [0.3, 0.4) is 0 Å². The molecule has 1 fully saturated rings. The molecule has 2 unspecified atom stereocenters. The summed E-state index contributed by atoms with van der Waals surface area (Å²) in [5.41, 5.74) is 4.53. The third-order valence-corrected chi connectivity index (χ3v) is 9.05. The van der Waals surface area contributed by atoms with E-state index in [0.29, 0.717) is 20.6 Å². The van der Waals surface area contributed by atoms with Crippen LogP contribution in [0.4, 0.5) is 10.1 Å². The molecule has 2 amide bonds. The molecule has 6 rings (SSSR count). The summed E-state index contributed by atoms with van der Waals surface area (Å²) in [6, 6.07) is 14.5. The van der Waals surface area contributed by atoms with E-state index in [0.717, 1.165) is 21.5 Å². The highest BCUT2D eigenvalue weighted by molar-refractivity contribution is 7.16. The van der Waals surface area contributed by atoms with Gasteiger partial charge in [0.05, 0.1) is 50.9 Å². The number of amides is 2. The number of aromatic nitrogens is 3. The van der Waals surface area contributed by atoms with E-state index in [4.69, 9.17) is 11.6 Å². The van der Waals surface area contributed by atoms with Crippen molar-refractivity contribution in [3.05, 3.63) is 91.9 Å². The fourth-order valence-corrected chi connectivity index (χ4v) is 6.83. The molecule has 0 aliphatic carbocycles. The molecule has 7 nitrogen and oxygen atoms in total. The van der Waals surface area contributed by atoms with Gasteiger partial charge in [0.15, 0.2) is 0 Å². The Morgan fingerprint density at radius 1 is 1.11 bits per heavy atom. The number of thiophene rings is 1. The number of nitrogens with zero attached hydrogens (tertiary/aromatic N) is 4. The smallest absolute Gasteiger partial charge is 0.263 e. The maximum Gasteiger partial charge on any atom is 0.263 e. The molecule has 5 aromatic rings. The molecule has 38 heavy (non-hydrogen) atoms. The first-order valence-corrected chi connectivity index (χ1v) is 13.9. The number of carbonyl (C=O) groups excluding carboxylic acids is 2. The molecule has 2 aromatic carbocycles. The zero-order valence-corrected chi connectivity index (χ0v) is 22.6. The van der Waals surface area contributed by atoms with Crippen LogP contribution in [-0.4, -0.2) is 32.6 Å². The van der Waals surface area contributed by atoms with Gasteiger partial charge in [-0.2, -0.15) is 5.10 Å². The van der Waals surface area contributed by atoms with Crippen molar-refractivity contribution in [1.29, 1.82) is 0 Å². The lowest BCUT2D eigenvalue weighted by molar-refractivity contribution is -0.120. The normalized spacial score (nSPS) is 19.4. The number of hydrogen-bond donors (Lipinski definition) is 1. The zero-order valence-electron chi connectivity index (χ0n) is 20.3. The van der Waals surface area contributed by atoms with Crippen LogP contribution in [0, 0.1) is 18.7 Å². The summed E-state index contributed by atoms with van der Waals surface area (Å²) in [7, 11) is 0. The minimum Gasteiger partial charge on any atom is -0.345 e. The van der Waals surface area contributed by atoms with Crippen LogP contribution in [0.5, 0.6) is 0 Å². The van der Waals surface area contributed by atoms with Gasteiger partial charge >= 0.3 is 0 Å². The van der Waals surface area contributed by atoms with Crippen molar-refractivity contribution in [3.8, 4) is 5.69 Å². The van der Waals surface area contributed by atoms with Crippen molar-refractivity contribution in [2.45, 2.75) is 25.9 Å². The maximum absolute atomic E-state index is 13.7. The highest BCUT2D eigenvalue weighted by atomic mass is 35.5. The Morgan fingerprint density at radius 3 is 2.55 bits per heavy atom. The number of aryl methyl sites for hydroxylation is 1. The quantitative estimate of drug-likeness (QED) is 0.276. The molecular formula is C27H21ClFN5O2S2. The number of benzene rings is 2. The number of anilines is 1. The summed E-state index contributed by atoms with van der Waals surface area (Å²) < 4.78 is 15.8. The van der Waals surface area contributed by atoms with Gasteiger partial charge in [-0.3, -0.25) is 9.59 Å². The minimum atomic E-state index is -0.483. The number of halogens is 2. The number of fused-ring (bicyclic) bond motifs is 1. The number of thiazole rings is 1. The van der Waals surface area contributed by atoms with E-state index in [1.54, 1.807) is 46.4 Å². The number of rotatable bonds is 5. The fraction of sp³-hybridized carbons (Fsp3) is 0.185. The third-order valence-electron chi connectivity index (χ3n) is 6.82. The summed E-state index contributed by atoms with van der Waals surface area (Å²) in [5, 5.41) is 8.42. The van der Waals surface area contributed by atoms with E-state index in [-0.39, 0.29) is 17.6 Å². The summed E-state index contributed by atoms with van der Waals surface area (Å²) in [4.78, 5) is 34.2. The van der Waals surface area contributed by atoms with Crippen LogP contribution in [0.1, 0.15) is 33.2 Å². The van der Waals surface area contributed by atoms with Crippen molar-refractivity contribution in [1.82, 2.24) is 20.1 Å². The Bertz CT molecular complexity index is 1680. The van der Waals surface area contributed by atoms with Crippen LogP contribution in [0.2, 0.25) is 4.34 Å². The molecule has 1 aliphatic rings. The molecule has 0 saturated carbocycles. The van der Waals surface area contributed by atoms with E-state index in [9.17, 15) is 14.0 Å². The van der Waals surface area contributed by atoms with Crippen molar-refractivity contribution in [3.63, 3.8) is 0 Å². The van der Waals surface area contributed by atoms with Crippen LogP contribution < -0.4 is 10.2 Å². The molecule has 1 N–H and O–H groups in total. The predicted octanol–water partition coefficient (Wildman–Crippen LogP) is 6.17. The first-order valence-electron chi connectivity index (χ1n) is 11.8. The van der Waals surface area contributed by atoms with E-state index in [1.165, 1.54) is 34.8 Å². The highest BCUT2D eigenvalue weighted by Crippen LogP contribution is 2.44. The minimum absolute atomic E-state index is 0.101. The van der Waals surface area contributed by atoms with Gasteiger partial charge in [-0.05, 0) is 61.5 Å². The molecule has 0 spiro atoms. The highest BCUT2D eigenvalue weighted by Gasteiger charge is 2.48. The lowest BCUT2D eigenvalue weighted by Crippen LogP contribution is -2.41. The topological polar surface area (TPSA) is 80.1 Å². The van der Waals surface area contributed by atoms with E-state index in [1.807, 2.05) is 31.2 Å². The van der Waals surface area contributed by atoms with E-state index < -0.39 is 18.0 Å². The fourth-order valence-electron chi connectivity index (χ4n) is 4.92. The Labute approximate surface area is 230 Å². The molecular weight excluding hydrogens is 545 g/mol. The average molecular weight is 566 g/mol. The molecule has 11 heteroatoms. The largest absolute Gasteiger partial charge is 0.345 e. The first kappa shape index (κ1) is 24.7. The second-order valence-corrected chi connectivity index (χ2v) is 11.7. The lowest BCUT2D eigenvalue weighted by atomic mass is 9.98. The van der Waals surface area contributed by atoms with Gasteiger partial charge in [0.2, 0.25) is 5.91 Å². The Hall–Kier alpha value is -3.60. The van der Waals surface area contributed by atoms with Crippen molar-refractivity contribution >= 4 is 62.7 Å². The van der Waals surface area contributed by atoms with Gasteiger partial charge in [0, 0.05) is 16.0 Å². The number of nitrogens with one attached hydrogen (secondary N) is 1. The van der Waals surface area contributed by atoms with Crippen molar-refractivity contribution in [2.75, 3.05) is 4.90 Å². The van der Waals surface area contributed by atoms with E-state index in [2.05, 4.69) is 15.4 Å². The second kappa shape index (κ2) is 9.61. The Morgan fingerprint density at radius 2 is 1.87 bits per heavy atom. The second-order valence-electron chi connectivity index (χ2n) is 9.13. The Balaban J connectivity index is 1.40. The molecule has 4 heterocycles. The number of carbonyl (C=O) groups is 2.